The van der Waals surface area contributed by atoms with Crippen LogP contribution < -0.4 is 10.6 Å². The highest BCUT2D eigenvalue weighted by molar-refractivity contribution is 5.86. The van der Waals surface area contributed by atoms with Gasteiger partial charge in [-0.05, 0) is 53.9 Å². The number of carbonyl (C=O) groups is 3. The van der Waals surface area contributed by atoms with Gasteiger partial charge in [0.25, 0.3) is 0 Å². The van der Waals surface area contributed by atoms with Crippen molar-refractivity contribution in [3.8, 4) is 11.1 Å². The molecule has 0 spiro atoms. The van der Waals surface area contributed by atoms with E-state index >= 15 is 0 Å². The van der Waals surface area contributed by atoms with Crippen LogP contribution in [0.2, 0.25) is 0 Å². The smallest absolute Gasteiger partial charge is 0.407 e. The molecule has 3 atom stereocenters. The Hall–Kier alpha value is -3.35. The van der Waals surface area contributed by atoms with Gasteiger partial charge in [0.1, 0.15) is 12.6 Å². The Labute approximate surface area is 193 Å². The molecule has 3 N–H and O–H groups in total. The van der Waals surface area contributed by atoms with Gasteiger partial charge in [-0.2, -0.15) is 0 Å². The predicted octanol–water partition coefficient (Wildman–Crippen LogP) is 4.06. The Balaban J connectivity index is 1.31. The average Bonchev–Trinajstić information content (AvgIpc) is 3.37. The van der Waals surface area contributed by atoms with Crippen LogP contribution in [0.1, 0.15) is 56.1 Å². The van der Waals surface area contributed by atoms with Crippen molar-refractivity contribution in [2.75, 3.05) is 6.61 Å². The van der Waals surface area contributed by atoms with Crippen molar-refractivity contribution in [1.82, 2.24) is 10.6 Å². The van der Waals surface area contributed by atoms with Gasteiger partial charge in [-0.1, -0.05) is 55.5 Å². The van der Waals surface area contributed by atoms with Crippen molar-refractivity contribution in [3.05, 3.63) is 59.7 Å². The fraction of sp³-hybridized carbons (Fsp3) is 0.423. The molecule has 0 unspecified atom stereocenters. The van der Waals surface area contributed by atoms with Crippen LogP contribution in [-0.2, 0) is 14.3 Å². The van der Waals surface area contributed by atoms with Gasteiger partial charge in [0, 0.05) is 18.4 Å². The molecule has 2 aromatic rings. The summed E-state index contributed by atoms with van der Waals surface area (Å²) in [7, 11) is 0. The maximum Gasteiger partial charge on any atom is 0.407 e. The number of carbonyl (C=O) groups excluding carboxylic acids is 2. The molecule has 7 heteroatoms. The van der Waals surface area contributed by atoms with Crippen LogP contribution in [-0.4, -0.2) is 41.8 Å². The minimum Gasteiger partial charge on any atom is -0.481 e. The molecule has 7 nitrogen and oxygen atoms in total. The van der Waals surface area contributed by atoms with Crippen LogP contribution in [0.4, 0.5) is 4.79 Å². The van der Waals surface area contributed by atoms with E-state index in [1.165, 1.54) is 0 Å². The highest BCUT2D eigenvalue weighted by atomic mass is 16.5. The molecule has 4 rings (SSSR count). The number of rotatable bonds is 8. The number of nitrogens with one attached hydrogen (secondary N) is 2. The summed E-state index contributed by atoms with van der Waals surface area (Å²) in [6.45, 7) is 2.02. The Morgan fingerprint density at radius 1 is 1.03 bits per heavy atom. The van der Waals surface area contributed by atoms with E-state index in [0.717, 1.165) is 35.1 Å². The third-order valence-electron chi connectivity index (χ3n) is 6.71. The highest BCUT2D eigenvalue weighted by Gasteiger charge is 2.31. The van der Waals surface area contributed by atoms with Crippen molar-refractivity contribution in [3.63, 3.8) is 0 Å². The summed E-state index contributed by atoms with van der Waals surface area (Å²) < 4.78 is 5.56. The molecule has 0 radical (unpaired) electrons. The van der Waals surface area contributed by atoms with Gasteiger partial charge in [0.05, 0.1) is 0 Å². The van der Waals surface area contributed by atoms with Gasteiger partial charge in [-0.15, -0.1) is 0 Å². The minimum absolute atomic E-state index is 0.0401. The summed E-state index contributed by atoms with van der Waals surface area (Å²) >= 11 is 0. The summed E-state index contributed by atoms with van der Waals surface area (Å²) in [6.07, 6.45) is 2.13. The fourth-order valence-electron chi connectivity index (χ4n) is 5.08. The first-order valence-corrected chi connectivity index (χ1v) is 11.6. The molecule has 2 aliphatic rings. The van der Waals surface area contributed by atoms with Crippen molar-refractivity contribution < 1.29 is 24.2 Å². The summed E-state index contributed by atoms with van der Waals surface area (Å²) in [4.78, 5) is 36.1. The number of carboxylic acids is 1. The largest absolute Gasteiger partial charge is 0.481 e. The SMILES string of the molecule is CC[C@@H](NC(=O)OCC1c2ccccc2-c2ccccc21)C(=O)N[C@@H]1CC[C@H](CC(=O)O)C1. The zero-order valence-electron chi connectivity index (χ0n) is 18.8. The first-order valence-electron chi connectivity index (χ1n) is 11.6. The zero-order valence-corrected chi connectivity index (χ0v) is 18.8. The number of hydrogen-bond acceptors (Lipinski definition) is 4. The maximum absolute atomic E-state index is 12.7. The number of ether oxygens (including phenoxy) is 1. The van der Waals surface area contributed by atoms with E-state index in [1.54, 1.807) is 0 Å². The van der Waals surface area contributed by atoms with E-state index in [2.05, 4.69) is 34.9 Å². The molecule has 1 fully saturated rings. The molecule has 2 aromatic carbocycles. The van der Waals surface area contributed by atoms with Gasteiger partial charge in [-0.3, -0.25) is 9.59 Å². The lowest BCUT2D eigenvalue weighted by atomic mass is 9.98. The Kier molecular flexibility index (Phi) is 6.96. The van der Waals surface area contributed by atoms with Gasteiger partial charge in [0.2, 0.25) is 5.91 Å². The Morgan fingerprint density at radius 2 is 1.67 bits per heavy atom. The maximum atomic E-state index is 12.7. The lowest BCUT2D eigenvalue weighted by molar-refractivity contribution is -0.138. The summed E-state index contributed by atoms with van der Waals surface area (Å²) in [5.74, 6) is -1.02. The molecule has 2 aliphatic carbocycles. The molecule has 174 valence electrons. The Bertz CT molecular complexity index is 991. The van der Waals surface area contributed by atoms with E-state index in [1.807, 2.05) is 31.2 Å². The first-order chi connectivity index (χ1) is 16.0. The van der Waals surface area contributed by atoms with Crippen molar-refractivity contribution >= 4 is 18.0 Å². The zero-order chi connectivity index (χ0) is 23.4. The van der Waals surface area contributed by atoms with Crippen LogP contribution in [0.3, 0.4) is 0 Å². The second-order valence-electron chi connectivity index (χ2n) is 8.91. The second kappa shape index (κ2) is 10.1. The normalized spacial score (nSPS) is 19.9. The lowest BCUT2D eigenvalue weighted by Gasteiger charge is -2.21. The van der Waals surface area contributed by atoms with E-state index in [0.29, 0.717) is 12.8 Å². The summed E-state index contributed by atoms with van der Waals surface area (Å²) in [6, 6.07) is 15.5. The molecular formula is C26H30N2O5. The molecule has 0 saturated heterocycles. The third kappa shape index (κ3) is 5.18. The molecule has 0 heterocycles. The monoisotopic (exact) mass is 450 g/mol. The van der Waals surface area contributed by atoms with Gasteiger partial charge in [-0.25, -0.2) is 4.79 Å². The van der Waals surface area contributed by atoms with Gasteiger partial charge < -0.3 is 20.5 Å². The fourth-order valence-corrected chi connectivity index (χ4v) is 5.08. The number of amides is 2. The predicted molar refractivity (Wildman–Crippen MR) is 124 cm³/mol. The van der Waals surface area contributed by atoms with Gasteiger partial charge in [0.15, 0.2) is 0 Å². The number of alkyl carbamates (subject to hydrolysis) is 1. The topological polar surface area (TPSA) is 105 Å². The van der Waals surface area contributed by atoms with Gasteiger partial charge >= 0.3 is 12.1 Å². The van der Waals surface area contributed by atoms with E-state index in [-0.39, 0.29) is 36.8 Å². The van der Waals surface area contributed by atoms with Crippen LogP contribution in [0.5, 0.6) is 0 Å². The average molecular weight is 451 g/mol. The van der Waals surface area contributed by atoms with Crippen LogP contribution in [0, 0.1) is 5.92 Å². The molecule has 0 bridgehead atoms. The first kappa shape index (κ1) is 22.8. The molecule has 33 heavy (non-hydrogen) atoms. The summed E-state index contributed by atoms with van der Waals surface area (Å²) in [5.41, 5.74) is 4.58. The molecule has 2 amide bonds. The molecule has 1 saturated carbocycles. The van der Waals surface area contributed by atoms with Crippen LogP contribution in [0.15, 0.2) is 48.5 Å². The highest BCUT2D eigenvalue weighted by Crippen LogP contribution is 2.44. The second-order valence-corrected chi connectivity index (χ2v) is 8.91. The number of aliphatic carboxylic acids is 1. The molecule has 0 aliphatic heterocycles. The van der Waals surface area contributed by atoms with E-state index in [9.17, 15) is 14.4 Å². The number of carboxylic acid groups (broad SMARTS) is 1. The van der Waals surface area contributed by atoms with Crippen LogP contribution >= 0.6 is 0 Å². The number of fused-ring (bicyclic) bond motifs is 3. The van der Waals surface area contributed by atoms with E-state index in [4.69, 9.17) is 9.84 Å². The van der Waals surface area contributed by atoms with Crippen molar-refractivity contribution in [1.29, 1.82) is 0 Å². The van der Waals surface area contributed by atoms with Crippen LogP contribution in [0.25, 0.3) is 11.1 Å². The van der Waals surface area contributed by atoms with Crippen molar-refractivity contribution in [2.24, 2.45) is 5.92 Å². The lowest BCUT2D eigenvalue weighted by Crippen LogP contribution is -2.49. The molecular weight excluding hydrogens is 420 g/mol. The number of hydrogen-bond donors (Lipinski definition) is 3. The quantitative estimate of drug-likeness (QED) is 0.563. The third-order valence-corrected chi connectivity index (χ3v) is 6.71. The van der Waals surface area contributed by atoms with Crippen molar-refractivity contribution in [2.45, 2.75) is 57.0 Å². The minimum atomic E-state index is -0.810. The molecule has 0 aromatic heterocycles. The Morgan fingerprint density at radius 3 is 2.27 bits per heavy atom. The van der Waals surface area contributed by atoms with E-state index < -0.39 is 18.1 Å². The number of benzene rings is 2. The standard InChI is InChI=1S/C26H30N2O5/c1-2-23(25(31)27-17-12-11-16(13-17)14-24(29)30)28-26(32)33-15-22-20-9-5-3-7-18(20)19-8-4-6-10-21(19)22/h3-10,16-17,22-23H,2,11-15H2,1H3,(H,27,31)(H,28,32)(H,29,30)/t16-,17+,23+/m0/s1. The summed E-state index contributed by atoms with van der Waals surface area (Å²) in [5, 5.41) is 14.6.